The van der Waals surface area contributed by atoms with Crippen LogP contribution in [0.5, 0.6) is 5.75 Å². The van der Waals surface area contributed by atoms with E-state index in [1.807, 2.05) is 30.5 Å². The summed E-state index contributed by atoms with van der Waals surface area (Å²) in [5.74, 6) is 0.799. The Bertz CT molecular complexity index is 481. The largest absolute Gasteiger partial charge is 0.497 e. The molecule has 0 aliphatic heterocycles. The number of aromatic nitrogens is 1. The van der Waals surface area contributed by atoms with Crippen molar-refractivity contribution in [3.63, 3.8) is 0 Å². The highest BCUT2D eigenvalue weighted by Gasteiger charge is 2.14. The van der Waals surface area contributed by atoms with Gasteiger partial charge in [0.15, 0.2) is 0 Å². The third-order valence-electron chi connectivity index (χ3n) is 2.16. The van der Waals surface area contributed by atoms with E-state index in [0.29, 0.717) is 15.8 Å². The second-order valence-corrected chi connectivity index (χ2v) is 4.22. The standard InChI is InChI=1S/C11H10ClNO2S/c1-14-8-5-3-7(4-6-8)10-9(12)11(16-2)15-13-10/h3-6H,1-2H3. The van der Waals surface area contributed by atoms with Gasteiger partial charge >= 0.3 is 0 Å². The predicted molar refractivity (Wildman–Crippen MR) is 65.3 cm³/mol. The lowest BCUT2D eigenvalue weighted by Gasteiger charge is -2.00. The van der Waals surface area contributed by atoms with Crippen LogP contribution in [-0.4, -0.2) is 18.5 Å². The first kappa shape index (κ1) is 11.4. The molecule has 1 heterocycles. The van der Waals surface area contributed by atoms with Crippen molar-refractivity contribution in [2.24, 2.45) is 0 Å². The third kappa shape index (κ3) is 2.03. The van der Waals surface area contributed by atoms with Crippen LogP contribution in [-0.2, 0) is 0 Å². The van der Waals surface area contributed by atoms with Crippen LogP contribution in [0.15, 0.2) is 33.9 Å². The van der Waals surface area contributed by atoms with Crippen LogP contribution in [0.4, 0.5) is 0 Å². The first-order chi connectivity index (χ1) is 7.76. The molecule has 0 fully saturated rings. The van der Waals surface area contributed by atoms with E-state index in [4.69, 9.17) is 20.9 Å². The fraction of sp³-hybridized carbons (Fsp3) is 0.182. The molecule has 0 aliphatic rings. The molecule has 0 atom stereocenters. The van der Waals surface area contributed by atoms with Gasteiger partial charge in [0.1, 0.15) is 16.5 Å². The molecule has 0 bridgehead atoms. The van der Waals surface area contributed by atoms with Crippen molar-refractivity contribution in [3.05, 3.63) is 29.3 Å². The van der Waals surface area contributed by atoms with Gasteiger partial charge < -0.3 is 9.26 Å². The van der Waals surface area contributed by atoms with Gasteiger partial charge in [-0.25, -0.2) is 0 Å². The molecule has 0 spiro atoms. The summed E-state index contributed by atoms with van der Waals surface area (Å²) < 4.78 is 10.2. The summed E-state index contributed by atoms with van der Waals surface area (Å²) in [4.78, 5) is 0. The maximum absolute atomic E-state index is 6.12. The fourth-order valence-corrected chi connectivity index (χ4v) is 2.12. The van der Waals surface area contributed by atoms with Gasteiger partial charge in [-0.05, 0) is 30.5 Å². The van der Waals surface area contributed by atoms with Crippen LogP contribution >= 0.6 is 23.4 Å². The van der Waals surface area contributed by atoms with E-state index in [1.165, 1.54) is 11.8 Å². The minimum absolute atomic E-state index is 0.553. The molecule has 1 aromatic heterocycles. The molecule has 5 heteroatoms. The van der Waals surface area contributed by atoms with Crippen molar-refractivity contribution >= 4 is 23.4 Å². The molecule has 3 nitrogen and oxygen atoms in total. The Balaban J connectivity index is 2.38. The lowest BCUT2D eigenvalue weighted by molar-refractivity contribution is 0.352. The zero-order valence-corrected chi connectivity index (χ0v) is 10.4. The number of nitrogens with zero attached hydrogens (tertiary/aromatic N) is 1. The third-order valence-corrected chi connectivity index (χ3v) is 3.27. The maximum Gasteiger partial charge on any atom is 0.212 e. The van der Waals surface area contributed by atoms with E-state index in [9.17, 15) is 0 Å². The van der Waals surface area contributed by atoms with Crippen molar-refractivity contribution in [2.45, 2.75) is 5.09 Å². The van der Waals surface area contributed by atoms with E-state index in [1.54, 1.807) is 7.11 Å². The number of benzene rings is 1. The molecule has 2 rings (SSSR count). The average Bonchev–Trinajstić information content (AvgIpc) is 2.70. The van der Waals surface area contributed by atoms with Crippen molar-refractivity contribution in [2.75, 3.05) is 13.4 Å². The van der Waals surface area contributed by atoms with E-state index >= 15 is 0 Å². The number of thioether (sulfide) groups is 1. The van der Waals surface area contributed by atoms with Gasteiger partial charge in [0.05, 0.1) is 7.11 Å². The average molecular weight is 256 g/mol. The molecule has 84 valence electrons. The summed E-state index contributed by atoms with van der Waals surface area (Å²) in [6.07, 6.45) is 1.89. The van der Waals surface area contributed by atoms with E-state index < -0.39 is 0 Å². The predicted octanol–water partition coefficient (Wildman–Crippen LogP) is 3.73. The molecule has 0 amide bonds. The van der Waals surface area contributed by atoms with Crippen LogP contribution in [0.2, 0.25) is 5.02 Å². The quantitative estimate of drug-likeness (QED) is 0.783. The Labute approximate surface area is 103 Å². The SMILES string of the molecule is COc1ccc(-c2noc(SC)c2Cl)cc1. The summed E-state index contributed by atoms with van der Waals surface area (Å²) in [6, 6.07) is 7.51. The fourth-order valence-electron chi connectivity index (χ4n) is 1.32. The summed E-state index contributed by atoms with van der Waals surface area (Å²) >= 11 is 7.56. The minimum Gasteiger partial charge on any atom is -0.497 e. The van der Waals surface area contributed by atoms with Gasteiger partial charge in [-0.3, -0.25) is 0 Å². The molecule has 0 unspecified atom stereocenters. The molecule has 2 aromatic rings. The van der Waals surface area contributed by atoms with E-state index in [-0.39, 0.29) is 0 Å². The van der Waals surface area contributed by atoms with Crippen molar-refractivity contribution in [1.82, 2.24) is 5.16 Å². The summed E-state index contributed by atoms with van der Waals surface area (Å²) in [6.45, 7) is 0. The van der Waals surface area contributed by atoms with Crippen LogP contribution < -0.4 is 4.74 Å². The Morgan fingerprint density at radius 2 is 2.00 bits per heavy atom. The Morgan fingerprint density at radius 3 is 2.50 bits per heavy atom. The Kier molecular flexibility index (Phi) is 3.41. The molecule has 0 saturated heterocycles. The molecule has 0 aliphatic carbocycles. The highest BCUT2D eigenvalue weighted by Crippen LogP contribution is 2.35. The zero-order valence-electron chi connectivity index (χ0n) is 8.86. The normalized spacial score (nSPS) is 10.4. The molecule has 0 radical (unpaired) electrons. The number of hydrogen-bond acceptors (Lipinski definition) is 4. The molecule has 0 saturated carbocycles. The highest BCUT2D eigenvalue weighted by atomic mass is 35.5. The van der Waals surface area contributed by atoms with Gasteiger partial charge in [-0.2, -0.15) is 0 Å². The van der Waals surface area contributed by atoms with Gasteiger partial charge in [0.2, 0.25) is 5.09 Å². The van der Waals surface area contributed by atoms with Crippen molar-refractivity contribution in [3.8, 4) is 17.0 Å². The molecule has 1 aromatic carbocycles. The monoisotopic (exact) mass is 255 g/mol. The van der Waals surface area contributed by atoms with Crippen LogP contribution in [0.1, 0.15) is 0 Å². The second-order valence-electron chi connectivity index (χ2n) is 3.07. The first-order valence-electron chi connectivity index (χ1n) is 4.60. The number of hydrogen-bond donors (Lipinski definition) is 0. The van der Waals surface area contributed by atoms with Crippen molar-refractivity contribution in [1.29, 1.82) is 0 Å². The molecular weight excluding hydrogens is 246 g/mol. The van der Waals surface area contributed by atoms with Crippen LogP contribution in [0.25, 0.3) is 11.3 Å². The Hall–Kier alpha value is -1.13. The van der Waals surface area contributed by atoms with Crippen LogP contribution in [0.3, 0.4) is 0 Å². The minimum atomic E-state index is 0.553. The Morgan fingerprint density at radius 1 is 1.31 bits per heavy atom. The van der Waals surface area contributed by atoms with Gasteiger partial charge in [-0.1, -0.05) is 28.5 Å². The van der Waals surface area contributed by atoms with Gasteiger partial charge in [-0.15, -0.1) is 0 Å². The number of ether oxygens (including phenoxy) is 1. The van der Waals surface area contributed by atoms with Crippen LogP contribution in [0, 0.1) is 0 Å². The molecule has 0 N–H and O–H groups in total. The summed E-state index contributed by atoms with van der Waals surface area (Å²) in [5.41, 5.74) is 1.57. The lowest BCUT2D eigenvalue weighted by atomic mass is 10.1. The summed E-state index contributed by atoms with van der Waals surface area (Å²) in [7, 11) is 1.63. The second kappa shape index (κ2) is 4.80. The topological polar surface area (TPSA) is 35.3 Å². The van der Waals surface area contributed by atoms with Gasteiger partial charge in [0.25, 0.3) is 0 Å². The van der Waals surface area contributed by atoms with Gasteiger partial charge in [0, 0.05) is 5.56 Å². The lowest BCUT2D eigenvalue weighted by Crippen LogP contribution is -1.83. The smallest absolute Gasteiger partial charge is 0.212 e. The highest BCUT2D eigenvalue weighted by molar-refractivity contribution is 7.98. The maximum atomic E-state index is 6.12. The first-order valence-corrected chi connectivity index (χ1v) is 6.20. The zero-order chi connectivity index (χ0) is 11.5. The van der Waals surface area contributed by atoms with E-state index in [2.05, 4.69) is 5.16 Å². The van der Waals surface area contributed by atoms with E-state index in [0.717, 1.165) is 11.3 Å². The molecule has 16 heavy (non-hydrogen) atoms. The number of rotatable bonds is 3. The molecular formula is C11H10ClNO2S. The van der Waals surface area contributed by atoms with Crippen molar-refractivity contribution < 1.29 is 9.26 Å². The number of methoxy groups -OCH3 is 1. The summed E-state index contributed by atoms with van der Waals surface area (Å²) in [5, 5.41) is 5.13. The number of halogens is 1.